The Morgan fingerprint density at radius 1 is 1.45 bits per heavy atom. The zero-order valence-corrected chi connectivity index (χ0v) is 11.9. The fourth-order valence-electron chi connectivity index (χ4n) is 1.25. The Bertz CT molecular complexity index is 542. The monoisotopic (exact) mass is 341 g/mol. The van der Waals surface area contributed by atoms with E-state index in [9.17, 15) is 9.59 Å². The lowest BCUT2D eigenvalue weighted by Crippen LogP contribution is -2.32. The van der Waals surface area contributed by atoms with Gasteiger partial charge in [-0.25, -0.2) is 9.59 Å². The lowest BCUT2D eigenvalue weighted by atomic mass is 10.2. The Morgan fingerprint density at radius 3 is 2.80 bits per heavy atom. The second-order valence-corrected chi connectivity index (χ2v) is 4.49. The summed E-state index contributed by atoms with van der Waals surface area (Å²) in [4.78, 5) is 21.7. The molecule has 1 aromatic rings. The van der Waals surface area contributed by atoms with Gasteiger partial charge in [0.2, 0.25) is 0 Å². The van der Waals surface area contributed by atoms with Gasteiger partial charge >= 0.3 is 12.0 Å². The van der Waals surface area contributed by atoms with Crippen molar-refractivity contribution in [2.45, 2.75) is 0 Å². The third-order valence-corrected chi connectivity index (χ3v) is 2.76. The van der Waals surface area contributed by atoms with Gasteiger partial charge in [0.1, 0.15) is 6.61 Å². The molecule has 0 spiro atoms. The number of carboxylic acids is 1. The highest BCUT2D eigenvalue weighted by Crippen LogP contribution is 2.23. The molecule has 0 saturated carbocycles. The Labute approximate surface area is 123 Å². The van der Waals surface area contributed by atoms with Crippen LogP contribution in [0, 0.1) is 11.3 Å². The van der Waals surface area contributed by atoms with E-state index in [-0.39, 0.29) is 13.2 Å². The van der Waals surface area contributed by atoms with Crippen molar-refractivity contribution >= 4 is 33.6 Å². The molecule has 0 aliphatic heterocycles. The van der Waals surface area contributed by atoms with E-state index in [1.165, 1.54) is 0 Å². The van der Waals surface area contributed by atoms with Gasteiger partial charge in [0, 0.05) is 11.0 Å². The lowest BCUT2D eigenvalue weighted by Gasteiger charge is -2.09. The molecular formula is C12H12BrN3O4. The number of urea groups is 1. The minimum atomic E-state index is -1.06. The second-order valence-electron chi connectivity index (χ2n) is 3.63. The zero-order valence-electron chi connectivity index (χ0n) is 10.4. The van der Waals surface area contributed by atoms with Crippen molar-refractivity contribution in [3.05, 3.63) is 28.2 Å². The number of halogens is 1. The molecule has 0 aliphatic carbocycles. The smallest absolute Gasteiger partial charge is 0.329 e. The molecule has 0 atom stereocenters. The Hall–Kier alpha value is -2.11. The maximum Gasteiger partial charge on any atom is 0.329 e. The van der Waals surface area contributed by atoms with Gasteiger partial charge in [-0.2, -0.15) is 5.26 Å². The van der Waals surface area contributed by atoms with E-state index in [1.54, 1.807) is 18.2 Å². The standard InChI is InChI=1S/C12H12BrN3O4/c13-9-5-8(6-14)1-2-10(9)16-12(19)15-3-4-20-7-11(17)18/h1-2,5H,3-4,7H2,(H,17,18)(H2,15,16,19). The summed E-state index contributed by atoms with van der Waals surface area (Å²) in [5.74, 6) is -1.06. The first-order valence-electron chi connectivity index (χ1n) is 5.57. The molecule has 0 saturated heterocycles. The topological polar surface area (TPSA) is 111 Å². The van der Waals surface area contributed by atoms with Crippen LogP contribution >= 0.6 is 15.9 Å². The number of hydrogen-bond acceptors (Lipinski definition) is 4. The van der Waals surface area contributed by atoms with Crippen molar-refractivity contribution in [3.63, 3.8) is 0 Å². The Morgan fingerprint density at radius 2 is 2.20 bits per heavy atom. The van der Waals surface area contributed by atoms with E-state index in [1.807, 2.05) is 6.07 Å². The molecule has 7 nitrogen and oxygen atoms in total. The number of anilines is 1. The van der Waals surface area contributed by atoms with Crippen molar-refractivity contribution in [1.82, 2.24) is 5.32 Å². The number of nitrogens with zero attached hydrogens (tertiary/aromatic N) is 1. The van der Waals surface area contributed by atoms with Gasteiger partial charge in [0.15, 0.2) is 0 Å². The van der Waals surface area contributed by atoms with Crippen LogP contribution in [-0.2, 0) is 9.53 Å². The summed E-state index contributed by atoms with van der Waals surface area (Å²) in [7, 11) is 0. The van der Waals surface area contributed by atoms with Crippen LogP contribution < -0.4 is 10.6 Å². The molecule has 1 aromatic carbocycles. The largest absolute Gasteiger partial charge is 0.480 e. The van der Waals surface area contributed by atoms with Crippen LogP contribution in [0.1, 0.15) is 5.56 Å². The molecule has 0 radical (unpaired) electrons. The molecule has 1 rings (SSSR count). The van der Waals surface area contributed by atoms with Crippen molar-refractivity contribution < 1.29 is 19.4 Å². The fraction of sp³-hybridized carbons (Fsp3) is 0.250. The summed E-state index contributed by atoms with van der Waals surface area (Å²) in [6.07, 6.45) is 0. The van der Waals surface area contributed by atoms with E-state index in [0.717, 1.165) is 0 Å². The van der Waals surface area contributed by atoms with E-state index < -0.39 is 18.6 Å². The molecule has 3 N–H and O–H groups in total. The molecule has 20 heavy (non-hydrogen) atoms. The average Bonchev–Trinajstić information content (AvgIpc) is 2.40. The first-order valence-corrected chi connectivity index (χ1v) is 6.36. The van der Waals surface area contributed by atoms with Crippen molar-refractivity contribution in [1.29, 1.82) is 5.26 Å². The predicted octanol–water partition coefficient (Wildman–Crippen LogP) is 1.54. The van der Waals surface area contributed by atoms with Gasteiger partial charge in [0.25, 0.3) is 0 Å². The molecule has 0 aromatic heterocycles. The number of aliphatic carboxylic acids is 1. The molecule has 8 heteroatoms. The first-order chi connectivity index (χ1) is 9.52. The van der Waals surface area contributed by atoms with E-state index >= 15 is 0 Å². The molecule has 0 unspecified atom stereocenters. The number of rotatable bonds is 6. The Kier molecular flexibility index (Phi) is 6.49. The molecule has 0 heterocycles. The minimum Gasteiger partial charge on any atom is -0.480 e. The van der Waals surface area contributed by atoms with Gasteiger partial charge in [-0.1, -0.05) is 0 Å². The maximum absolute atomic E-state index is 11.5. The number of nitrogens with one attached hydrogen (secondary N) is 2. The molecule has 0 fully saturated rings. The van der Waals surface area contributed by atoms with Crippen LogP contribution in [0.4, 0.5) is 10.5 Å². The van der Waals surface area contributed by atoms with E-state index in [4.69, 9.17) is 15.1 Å². The predicted molar refractivity (Wildman–Crippen MR) is 74.3 cm³/mol. The number of carbonyl (C=O) groups is 2. The highest BCUT2D eigenvalue weighted by molar-refractivity contribution is 9.10. The fourth-order valence-corrected chi connectivity index (χ4v) is 1.73. The van der Waals surface area contributed by atoms with Gasteiger partial charge in [-0.3, -0.25) is 0 Å². The average molecular weight is 342 g/mol. The number of nitriles is 1. The first kappa shape index (κ1) is 15.9. The summed E-state index contributed by atoms with van der Waals surface area (Å²) in [5, 5.41) is 22.1. The highest BCUT2D eigenvalue weighted by Gasteiger charge is 2.05. The summed E-state index contributed by atoms with van der Waals surface area (Å²) in [5.41, 5.74) is 0.998. The van der Waals surface area contributed by atoms with Gasteiger partial charge in [-0.15, -0.1) is 0 Å². The summed E-state index contributed by atoms with van der Waals surface area (Å²) in [6, 6.07) is 6.30. The van der Waals surface area contributed by atoms with Gasteiger partial charge < -0.3 is 20.5 Å². The summed E-state index contributed by atoms with van der Waals surface area (Å²) >= 11 is 3.24. The number of ether oxygens (including phenoxy) is 1. The quantitative estimate of drug-likeness (QED) is 0.679. The highest BCUT2D eigenvalue weighted by atomic mass is 79.9. The summed E-state index contributed by atoms with van der Waals surface area (Å²) < 4.78 is 5.35. The third-order valence-electron chi connectivity index (χ3n) is 2.10. The molecule has 0 bridgehead atoms. The Balaban J connectivity index is 2.36. The van der Waals surface area contributed by atoms with Crippen LogP contribution in [0.25, 0.3) is 0 Å². The number of hydrogen-bond donors (Lipinski definition) is 3. The van der Waals surface area contributed by atoms with Crippen molar-refractivity contribution in [2.75, 3.05) is 25.1 Å². The molecule has 106 valence electrons. The number of benzene rings is 1. The zero-order chi connectivity index (χ0) is 15.0. The lowest BCUT2D eigenvalue weighted by molar-refractivity contribution is -0.142. The number of carboxylic acid groups (broad SMARTS) is 1. The molecule has 2 amide bonds. The van der Waals surface area contributed by atoms with Crippen molar-refractivity contribution in [2.24, 2.45) is 0 Å². The normalized spacial score (nSPS) is 9.60. The number of amides is 2. The van der Waals surface area contributed by atoms with Crippen LogP contribution in [0.5, 0.6) is 0 Å². The summed E-state index contributed by atoms with van der Waals surface area (Å²) in [6.45, 7) is -0.105. The van der Waals surface area contributed by atoms with Crippen LogP contribution in [-0.4, -0.2) is 36.9 Å². The molecule has 0 aliphatic rings. The number of carbonyl (C=O) groups excluding carboxylic acids is 1. The maximum atomic E-state index is 11.5. The molecular weight excluding hydrogens is 330 g/mol. The van der Waals surface area contributed by atoms with E-state index in [0.29, 0.717) is 15.7 Å². The van der Waals surface area contributed by atoms with Gasteiger partial charge in [-0.05, 0) is 34.1 Å². The third kappa shape index (κ3) is 5.69. The second kappa shape index (κ2) is 8.14. The van der Waals surface area contributed by atoms with Crippen LogP contribution in [0.2, 0.25) is 0 Å². The van der Waals surface area contributed by atoms with Crippen LogP contribution in [0.15, 0.2) is 22.7 Å². The van der Waals surface area contributed by atoms with Gasteiger partial charge in [0.05, 0.1) is 23.9 Å². The SMILES string of the molecule is N#Cc1ccc(NC(=O)NCCOCC(=O)O)c(Br)c1. The van der Waals surface area contributed by atoms with Crippen LogP contribution in [0.3, 0.4) is 0 Å². The van der Waals surface area contributed by atoms with Crippen molar-refractivity contribution in [3.8, 4) is 6.07 Å². The van der Waals surface area contributed by atoms with E-state index in [2.05, 4.69) is 26.6 Å². The minimum absolute atomic E-state index is 0.105.